The largest absolute Gasteiger partial charge is 0.456 e. The summed E-state index contributed by atoms with van der Waals surface area (Å²) >= 11 is 0. The first-order valence-electron chi connectivity index (χ1n) is 14.5. The Hall–Kier alpha value is -5.80. The molecule has 0 fully saturated rings. The Labute approximate surface area is 247 Å². The molecule has 9 aromatic rings. The van der Waals surface area contributed by atoms with Gasteiger partial charge in [0, 0.05) is 32.9 Å². The van der Waals surface area contributed by atoms with Gasteiger partial charge in [-0.25, -0.2) is 0 Å². The molecule has 0 saturated heterocycles. The molecule has 0 aliphatic rings. The SMILES string of the molecule is c1ccc(-c2ccc(N(c3ccc4oc5ccc6ccccc6c5c4c3)c3cccc4c3oc3ccccc34)cc2)cc1. The first kappa shape index (κ1) is 23.9. The Kier molecular flexibility index (Phi) is 5.20. The van der Waals surface area contributed by atoms with E-state index in [0.29, 0.717) is 0 Å². The number of fused-ring (bicyclic) bond motifs is 8. The molecule has 0 bridgehead atoms. The highest BCUT2D eigenvalue weighted by atomic mass is 16.3. The number of para-hydroxylation sites is 2. The van der Waals surface area contributed by atoms with Crippen molar-refractivity contribution in [2.75, 3.05) is 4.90 Å². The first-order chi connectivity index (χ1) is 21.3. The normalized spacial score (nSPS) is 11.7. The van der Waals surface area contributed by atoms with Gasteiger partial charge in [0.15, 0.2) is 5.58 Å². The highest BCUT2D eigenvalue weighted by molar-refractivity contribution is 6.19. The van der Waals surface area contributed by atoms with Crippen LogP contribution in [0.15, 0.2) is 160 Å². The number of benzene rings is 7. The van der Waals surface area contributed by atoms with E-state index in [1.807, 2.05) is 18.2 Å². The highest BCUT2D eigenvalue weighted by Gasteiger charge is 2.21. The van der Waals surface area contributed by atoms with Crippen molar-refractivity contribution < 1.29 is 8.83 Å². The monoisotopic (exact) mass is 551 g/mol. The third-order valence-electron chi connectivity index (χ3n) is 8.46. The van der Waals surface area contributed by atoms with Crippen LogP contribution in [0.25, 0.3) is 65.8 Å². The summed E-state index contributed by atoms with van der Waals surface area (Å²) in [5.41, 5.74) is 8.93. The van der Waals surface area contributed by atoms with Gasteiger partial charge in [-0.05, 0) is 70.4 Å². The zero-order valence-corrected chi connectivity index (χ0v) is 23.2. The van der Waals surface area contributed by atoms with Crippen molar-refractivity contribution in [2.45, 2.75) is 0 Å². The summed E-state index contributed by atoms with van der Waals surface area (Å²) in [7, 11) is 0. The molecule has 0 aliphatic heterocycles. The number of nitrogens with zero attached hydrogens (tertiary/aromatic N) is 1. The number of hydrogen-bond acceptors (Lipinski definition) is 3. The van der Waals surface area contributed by atoms with Gasteiger partial charge in [-0.15, -0.1) is 0 Å². The molecule has 9 rings (SSSR count). The van der Waals surface area contributed by atoms with Crippen molar-refractivity contribution >= 4 is 71.7 Å². The van der Waals surface area contributed by atoms with Crippen molar-refractivity contribution in [3.05, 3.63) is 152 Å². The van der Waals surface area contributed by atoms with E-state index in [2.05, 4.69) is 138 Å². The van der Waals surface area contributed by atoms with Crippen LogP contribution in [0, 0.1) is 0 Å². The molecule has 0 radical (unpaired) electrons. The predicted octanol–water partition coefficient (Wildman–Crippen LogP) is 11.8. The van der Waals surface area contributed by atoms with E-state index < -0.39 is 0 Å². The summed E-state index contributed by atoms with van der Waals surface area (Å²) in [4.78, 5) is 2.29. The summed E-state index contributed by atoms with van der Waals surface area (Å²) in [5, 5.41) is 6.82. The van der Waals surface area contributed by atoms with Crippen LogP contribution < -0.4 is 4.90 Å². The molecule has 0 atom stereocenters. The number of hydrogen-bond donors (Lipinski definition) is 0. The second kappa shape index (κ2) is 9.37. The van der Waals surface area contributed by atoms with Gasteiger partial charge >= 0.3 is 0 Å². The minimum absolute atomic E-state index is 0.860. The molecular formula is C40H25NO2. The van der Waals surface area contributed by atoms with Crippen LogP contribution in [0.3, 0.4) is 0 Å². The van der Waals surface area contributed by atoms with Gasteiger partial charge in [-0.1, -0.05) is 103 Å². The predicted molar refractivity (Wildman–Crippen MR) is 179 cm³/mol. The molecule has 0 amide bonds. The minimum Gasteiger partial charge on any atom is -0.456 e. The quantitative estimate of drug-likeness (QED) is 0.218. The van der Waals surface area contributed by atoms with Crippen molar-refractivity contribution in [2.24, 2.45) is 0 Å². The van der Waals surface area contributed by atoms with Crippen LogP contribution in [0.2, 0.25) is 0 Å². The third kappa shape index (κ3) is 3.75. The Balaban J connectivity index is 1.30. The van der Waals surface area contributed by atoms with Crippen molar-refractivity contribution in [3.63, 3.8) is 0 Å². The fourth-order valence-electron chi connectivity index (χ4n) is 6.44. The Morgan fingerprint density at radius 2 is 1.07 bits per heavy atom. The van der Waals surface area contributed by atoms with Crippen LogP contribution in [0.1, 0.15) is 0 Å². The molecule has 7 aromatic carbocycles. The Bertz CT molecular complexity index is 2450. The summed E-state index contributed by atoms with van der Waals surface area (Å²) in [6.45, 7) is 0. The van der Waals surface area contributed by atoms with E-state index in [1.165, 1.54) is 21.9 Å². The van der Waals surface area contributed by atoms with E-state index in [-0.39, 0.29) is 0 Å². The molecule has 2 aromatic heterocycles. The Morgan fingerprint density at radius 1 is 0.395 bits per heavy atom. The average molecular weight is 552 g/mol. The van der Waals surface area contributed by atoms with Crippen LogP contribution in [-0.2, 0) is 0 Å². The Morgan fingerprint density at radius 3 is 1.95 bits per heavy atom. The van der Waals surface area contributed by atoms with E-state index >= 15 is 0 Å². The maximum atomic E-state index is 6.54. The number of furan rings is 2. The molecule has 0 saturated carbocycles. The summed E-state index contributed by atoms with van der Waals surface area (Å²) in [6, 6.07) is 53.1. The van der Waals surface area contributed by atoms with Crippen molar-refractivity contribution in [3.8, 4) is 11.1 Å². The standard InChI is InChI=1S/C40H25NO2/c1-2-9-26(10-3-1)27-17-20-29(21-18-27)41(35-15-8-14-33-32-13-6-7-16-36(32)43-40(33)35)30-22-24-37-34(25-30)39-31-12-5-4-11-28(31)19-23-38(39)42-37/h1-25H. The molecule has 3 heteroatoms. The maximum Gasteiger partial charge on any atom is 0.159 e. The molecule has 0 N–H and O–H groups in total. The summed E-state index contributed by atoms with van der Waals surface area (Å²) in [5.74, 6) is 0. The molecular weight excluding hydrogens is 526 g/mol. The second-order valence-electron chi connectivity index (χ2n) is 10.9. The van der Waals surface area contributed by atoms with E-state index in [1.54, 1.807) is 0 Å². The van der Waals surface area contributed by atoms with Gasteiger partial charge < -0.3 is 13.7 Å². The lowest BCUT2D eigenvalue weighted by atomic mass is 10.0. The van der Waals surface area contributed by atoms with Crippen LogP contribution in [0.5, 0.6) is 0 Å². The lowest BCUT2D eigenvalue weighted by Gasteiger charge is -2.26. The van der Waals surface area contributed by atoms with Crippen LogP contribution in [-0.4, -0.2) is 0 Å². The molecule has 0 unspecified atom stereocenters. The smallest absolute Gasteiger partial charge is 0.159 e. The third-order valence-corrected chi connectivity index (χ3v) is 8.46. The van der Waals surface area contributed by atoms with Crippen LogP contribution >= 0.6 is 0 Å². The first-order valence-corrected chi connectivity index (χ1v) is 14.5. The van der Waals surface area contributed by atoms with E-state index in [0.717, 1.165) is 60.9 Å². The van der Waals surface area contributed by atoms with Gasteiger partial charge in [-0.3, -0.25) is 0 Å². The zero-order chi connectivity index (χ0) is 28.3. The molecule has 202 valence electrons. The molecule has 3 nitrogen and oxygen atoms in total. The summed E-state index contributed by atoms with van der Waals surface area (Å²) < 4.78 is 12.9. The van der Waals surface area contributed by atoms with Gasteiger partial charge in [0.1, 0.15) is 16.7 Å². The van der Waals surface area contributed by atoms with E-state index in [4.69, 9.17) is 8.83 Å². The maximum absolute atomic E-state index is 6.54. The lowest BCUT2D eigenvalue weighted by molar-refractivity contribution is 0.669. The van der Waals surface area contributed by atoms with Gasteiger partial charge in [0.2, 0.25) is 0 Å². The zero-order valence-electron chi connectivity index (χ0n) is 23.2. The van der Waals surface area contributed by atoms with Gasteiger partial charge in [0.25, 0.3) is 0 Å². The van der Waals surface area contributed by atoms with Crippen LogP contribution in [0.4, 0.5) is 17.1 Å². The molecule has 0 spiro atoms. The molecule has 2 heterocycles. The van der Waals surface area contributed by atoms with E-state index in [9.17, 15) is 0 Å². The van der Waals surface area contributed by atoms with Crippen molar-refractivity contribution in [1.82, 2.24) is 0 Å². The van der Waals surface area contributed by atoms with Gasteiger partial charge in [0.05, 0.1) is 5.69 Å². The minimum atomic E-state index is 0.860. The lowest BCUT2D eigenvalue weighted by Crippen LogP contribution is -2.10. The van der Waals surface area contributed by atoms with Crippen molar-refractivity contribution in [1.29, 1.82) is 0 Å². The summed E-state index contributed by atoms with van der Waals surface area (Å²) in [6.07, 6.45) is 0. The fourth-order valence-corrected chi connectivity index (χ4v) is 6.44. The molecule has 0 aliphatic carbocycles. The highest BCUT2D eigenvalue weighted by Crippen LogP contribution is 2.44. The molecule has 43 heavy (non-hydrogen) atoms. The average Bonchev–Trinajstić information content (AvgIpc) is 3.65. The number of rotatable bonds is 4. The second-order valence-corrected chi connectivity index (χ2v) is 10.9. The number of anilines is 3. The van der Waals surface area contributed by atoms with Gasteiger partial charge in [-0.2, -0.15) is 0 Å². The topological polar surface area (TPSA) is 29.5 Å². The fraction of sp³-hybridized carbons (Fsp3) is 0.